The van der Waals surface area contributed by atoms with Crippen molar-refractivity contribution < 1.29 is 17.7 Å². The molecule has 2 aromatic carbocycles. The highest BCUT2D eigenvalue weighted by Crippen LogP contribution is 2.26. The Morgan fingerprint density at radius 1 is 1.13 bits per heavy atom. The first-order valence-electron chi connectivity index (χ1n) is 9.80. The maximum atomic E-state index is 12.8. The number of hydrogen-bond acceptors (Lipinski definition) is 6. The molecule has 0 saturated carbocycles. The first kappa shape index (κ1) is 22.5. The average molecular weight is 443 g/mol. The van der Waals surface area contributed by atoms with Crippen LogP contribution in [0.4, 0.5) is 5.69 Å². The summed E-state index contributed by atoms with van der Waals surface area (Å²) in [6.07, 6.45) is 1.09. The molecule has 3 aromatic rings. The van der Waals surface area contributed by atoms with Crippen LogP contribution in [0.15, 0.2) is 47.0 Å². The van der Waals surface area contributed by atoms with Crippen LogP contribution in [-0.2, 0) is 21.4 Å². The zero-order valence-corrected chi connectivity index (χ0v) is 19.0. The van der Waals surface area contributed by atoms with E-state index >= 15 is 0 Å². The Kier molecular flexibility index (Phi) is 6.45. The Bertz CT molecular complexity index is 1200. The van der Waals surface area contributed by atoms with E-state index in [1.807, 2.05) is 57.2 Å². The van der Waals surface area contributed by atoms with Crippen LogP contribution in [0, 0.1) is 20.8 Å². The number of aryl methyl sites for hydroxylation is 3. The van der Waals surface area contributed by atoms with Crippen LogP contribution in [0.25, 0.3) is 11.4 Å². The lowest BCUT2D eigenvalue weighted by Crippen LogP contribution is -2.48. The number of amides is 1. The molecular formula is C22H26N4O4S. The average Bonchev–Trinajstić information content (AvgIpc) is 3.17. The molecule has 0 spiro atoms. The van der Waals surface area contributed by atoms with E-state index in [0.717, 1.165) is 32.8 Å². The van der Waals surface area contributed by atoms with Crippen molar-refractivity contribution in [1.29, 1.82) is 0 Å². The second kappa shape index (κ2) is 8.89. The number of rotatable bonds is 7. The maximum Gasteiger partial charge on any atom is 0.246 e. The molecule has 164 valence electrons. The Hall–Kier alpha value is -3.20. The van der Waals surface area contributed by atoms with Gasteiger partial charge in [-0.05, 0) is 51.0 Å². The molecule has 0 radical (unpaired) electrons. The summed E-state index contributed by atoms with van der Waals surface area (Å²) < 4.78 is 31.4. The first-order valence-corrected chi connectivity index (χ1v) is 11.6. The van der Waals surface area contributed by atoms with Gasteiger partial charge in [0.25, 0.3) is 0 Å². The number of sulfonamides is 1. The van der Waals surface area contributed by atoms with E-state index in [9.17, 15) is 13.2 Å². The van der Waals surface area contributed by atoms with E-state index in [4.69, 9.17) is 4.52 Å². The van der Waals surface area contributed by atoms with Crippen LogP contribution >= 0.6 is 0 Å². The molecule has 8 nitrogen and oxygen atoms in total. The highest BCUT2D eigenvalue weighted by atomic mass is 32.2. The Morgan fingerprint density at radius 2 is 1.84 bits per heavy atom. The molecule has 1 amide bonds. The molecule has 0 aliphatic rings. The number of anilines is 1. The summed E-state index contributed by atoms with van der Waals surface area (Å²) in [6, 6.07) is 12.2. The maximum absolute atomic E-state index is 12.8. The number of carbonyl (C=O) groups excluding carboxylic acids is 1. The van der Waals surface area contributed by atoms with Crippen LogP contribution in [-0.4, -0.2) is 36.8 Å². The quantitative estimate of drug-likeness (QED) is 0.603. The fourth-order valence-corrected chi connectivity index (χ4v) is 4.50. The van der Waals surface area contributed by atoms with Gasteiger partial charge in [0.1, 0.15) is 6.04 Å². The van der Waals surface area contributed by atoms with Gasteiger partial charge in [0.2, 0.25) is 27.6 Å². The number of aromatic nitrogens is 2. The Morgan fingerprint density at radius 3 is 2.52 bits per heavy atom. The molecule has 0 saturated heterocycles. The van der Waals surface area contributed by atoms with Gasteiger partial charge in [-0.3, -0.25) is 9.10 Å². The van der Waals surface area contributed by atoms with Crippen molar-refractivity contribution in [3.8, 4) is 11.4 Å². The number of benzene rings is 2. The lowest BCUT2D eigenvalue weighted by atomic mass is 10.1. The molecule has 9 heteroatoms. The fourth-order valence-electron chi connectivity index (χ4n) is 3.28. The van der Waals surface area contributed by atoms with Crippen LogP contribution < -0.4 is 9.62 Å². The SMILES string of the molecule is Cc1cccc(-c2noc(CNC(=O)[C@H](C)N(c3cc(C)ccc3C)S(C)(=O)=O)n2)c1. The molecule has 3 rings (SSSR count). The molecule has 0 aliphatic carbocycles. The van der Waals surface area contributed by atoms with Crippen LogP contribution in [0.5, 0.6) is 0 Å². The highest BCUT2D eigenvalue weighted by Gasteiger charge is 2.30. The van der Waals surface area contributed by atoms with Gasteiger partial charge in [-0.25, -0.2) is 8.42 Å². The number of nitrogens with zero attached hydrogens (tertiary/aromatic N) is 3. The van der Waals surface area contributed by atoms with Crippen molar-refractivity contribution in [2.45, 2.75) is 40.3 Å². The summed E-state index contributed by atoms with van der Waals surface area (Å²) in [5.74, 6) is 0.186. The van der Waals surface area contributed by atoms with E-state index in [2.05, 4.69) is 15.5 Å². The zero-order chi connectivity index (χ0) is 22.8. The lowest BCUT2D eigenvalue weighted by Gasteiger charge is -2.29. The van der Waals surface area contributed by atoms with Gasteiger partial charge >= 0.3 is 0 Å². The monoisotopic (exact) mass is 442 g/mol. The fraction of sp³-hybridized carbons (Fsp3) is 0.318. The third kappa shape index (κ3) is 5.29. The summed E-state index contributed by atoms with van der Waals surface area (Å²) >= 11 is 0. The molecule has 0 bridgehead atoms. The van der Waals surface area contributed by atoms with Gasteiger partial charge in [-0.1, -0.05) is 41.1 Å². The molecule has 1 atom stereocenters. The van der Waals surface area contributed by atoms with Gasteiger partial charge in [0.15, 0.2) is 0 Å². The topological polar surface area (TPSA) is 105 Å². The summed E-state index contributed by atoms with van der Waals surface area (Å²) in [7, 11) is -3.70. The molecule has 0 aliphatic heterocycles. The van der Waals surface area contributed by atoms with Gasteiger partial charge in [0.05, 0.1) is 18.5 Å². The summed E-state index contributed by atoms with van der Waals surface area (Å²) in [5.41, 5.74) is 4.02. The van der Waals surface area contributed by atoms with E-state index < -0.39 is 22.0 Å². The van der Waals surface area contributed by atoms with Crippen molar-refractivity contribution in [3.05, 3.63) is 65.0 Å². The molecular weight excluding hydrogens is 416 g/mol. The van der Waals surface area contributed by atoms with Gasteiger partial charge in [-0.15, -0.1) is 0 Å². The second-order valence-electron chi connectivity index (χ2n) is 7.62. The first-order chi connectivity index (χ1) is 14.6. The van der Waals surface area contributed by atoms with E-state index in [0.29, 0.717) is 11.5 Å². The minimum atomic E-state index is -3.70. The van der Waals surface area contributed by atoms with Crippen molar-refractivity contribution >= 4 is 21.6 Å². The van der Waals surface area contributed by atoms with Crippen LogP contribution in [0.3, 0.4) is 0 Å². The normalized spacial score (nSPS) is 12.4. The van der Waals surface area contributed by atoms with Gasteiger partial charge < -0.3 is 9.84 Å². The summed E-state index contributed by atoms with van der Waals surface area (Å²) in [4.78, 5) is 17.1. The zero-order valence-electron chi connectivity index (χ0n) is 18.2. The van der Waals surface area contributed by atoms with E-state index in [1.54, 1.807) is 13.0 Å². The minimum Gasteiger partial charge on any atom is -0.345 e. The van der Waals surface area contributed by atoms with E-state index in [-0.39, 0.29) is 12.4 Å². The molecule has 1 N–H and O–H groups in total. The van der Waals surface area contributed by atoms with Crippen molar-refractivity contribution in [1.82, 2.24) is 15.5 Å². The third-order valence-corrected chi connectivity index (χ3v) is 6.08. The van der Waals surface area contributed by atoms with Crippen LogP contribution in [0.1, 0.15) is 29.5 Å². The number of hydrogen-bond donors (Lipinski definition) is 1. The van der Waals surface area contributed by atoms with Crippen LogP contribution in [0.2, 0.25) is 0 Å². The largest absolute Gasteiger partial charge is 0.345 e. The molecule has 0 unspecified atom stereocenters. The molecule has 1 aromatic heterocycles. The van der Waals surface area contributed by atoms with Crippen molar-refractivity contribution in [2.75, 3.05) is 10.6 Å². The van der Waals surface area contributed by atoms with Gasteiger partial charge in [0, 0.05) is 5.56 Å². The lowest BCUT2D eigenvalue weighted by molar-refractivity contribution is -0.122. The van der Waals surface area contributed by atoms with Crippen molar-refractivity contribution in [3.63, 3.8) is 0 Å². The molecule has 1 heterocycles. The predicted octanol–water partition coefficient (Wildman–Crippen LogP) is 3.13. The predicted molar refractivity (Wildman–Crippen MR) is 119 cm³/mol. The van der Waals surface area contributed by atoms with E-state index in [1.165, 1.54) is 0 Å². The van der Waals surface area contributed by atoms with Crippen molar-refractivity contribution in [2.24, 2.45) is 0 Å². The molecule has 31 heavy (non-hydrogen) atoms. The summed E-state index contributed by atoms with van der Waals surface area (Å²) in [6.45, 7) is 7.19. The Labute approximate surface area is 182 Å². The van der Waals surface area contributed by atoms with Gasteiger partial charge in [-0.2, -0.15) is 4.98 Å². The molecule has 0 fully saturated rings. The highest BCUT2D eigenvalue weighted by molar-refractivity contribution is 7.92. The standard InChI is InChI=1S/C22H26N4O4S/c1-14-7-6-8-18(11-14)21-24-20(30-25-21)13-23-22(27)17(4)26(31(5,28)29)19-12-15(2)9-10-16(19)3/h6-12,17H,13H2,1-5H3,(H,23,27)/t17-/m0/s1. The second-order valence-corrected chi connectivity index (χ2v) is 9.48. The number of nitrogens with one attached hydrogen (secondary N) is 1. The number of carbonyl (C=O) groups is 1. The third-order valence-electron chi connectivity index (χ3n) is 4.85. The summed E-state index contributed by atoms with van der Waals surface area (Å²) in [5, 5.41) is 6.64. The smallest absolute Gasteiger partial charge is 0.246 e. The Balaban J connectivity index is 1.75. The minimum absolute atomic E-state index is 0.00755.